The van der Waals surface area contributed by atoms with E-state index < -0.39 is 10.0 Å². The van der Waals surface area contributed by atoms with Crippen LogP contribution >= 0.6 is 15.9 Å². The number of nitrogens with one attached hydrogen (secondary N) is 3. The molecule has 0 aromatic heterocycles. The molecule has 3 aromatic carbocycles. The van der Waals surface area contributed by atoms with E-state index in [2.05, 4.69) is 31.3 Å². The van der Waals surface area contributed by atoms with Crippen LogP contribution in [0.15, 0.2) is 70.0 Å². The van der Waals surface area contributed by atoms with Gasteiger partial charge in [0.05, 0.1) is 11.6 Å². The zero-order valence-electron chi connectivity index (χ0n) is 16.4. The predicted molar refractivity (Wildman–Crippen MR) is 124 cm³/mol. The van der Waals surface area contributed by atoms with Gasteiger partial charge in [0.15, 0.2) is 0 Å². The maximum Gasteiger partial charge on any atom is 0.241 e. The van der Waals surface area contributed by atoms with Crippen molar-refractivity contribution in [3.05, 3.63) is 65.1 Å². The third-order valence-corrected chi connectivity index (χ3v) is 6.71. The second-order valence-electron chi connectivity index (χ2n) is 6.75. The number of benzene rings is 3. The van der Waals surface area contributed by atoms with E-state index in [9.17, 15) is 8.42 Å². The van der Waals surface area contributed by atoms with Crippen molar-refractivity contribution in [1.82, 2.24) is 10.0 Å². The highest BCUT2D eigenvalue weighted by Crippen LogP contribution is 2.30. The van der Waals surface area contributed by atoms with E-state index in [1.165, 1.54) is 0 Å². The van der Waals surface area contributed by atoms with Gasteiger partial charge in [-0.3, -0.25) is 5.32 Å². The highest BCUT2D eigenvalue weighted by Gasteiger charge is 2.17. The normalized spacial score (nSPS) is 11.6. The smallest absolute Gasteiger partial charge is 0.241 e. The summed E-state index contributed by atoms with van der Waals surface area (Å²) in [7, 11) is 0.281. The number of anilines is 2. The zero-order chi connectivity index (χ0) is 20.9. The van der Waals surface area contributed by atoms with Crippen molar-refractivity contribution in [3.8, 4) is 0 Å². The fourth-order valence-corrected chi connectivity index (χ4v) is 4.77. The van der Waals surface area contributed by atoms with Crippen molar-refractivity contribution >= 4 is 48.1 Å². The Balaban J connectivity index is 1.60. The maximum absolute atomic E-state index is 12.9. The first-order valence-electron chi connectivity index (χ1n) is 9.28. The van der Waals surface area contributed by atoms with Gasteiger partial charge in [-0.15, -0.1) is 0 Å². The molecule has 29 heavy (non-hydrogen) atoms. The van der Waals surface area contributed by atoms with Crippen LogP contribution in [-0.2, 0) is 10.0 Å². The van der Waals surface area contributed by atoms with Crippen LogP contribution in [0.3, 0.4) is 0 Å². The van der Waals surface area contributed by atoms with E-state index in [1.807, 2.05) is 67.5 Å². The lowest BCUT2D eigenvalue weighted by molar-refractivity contribution is 0.578. The largest absolute Gasteiger partial charge is 0.377 e. The summed E-state index contributed by atoms with van der Waals surface area (Å²) in [6, 6.07) is 18.9. The van der Waals surface area contributed by atoms with Crippen LogP contribution in [-0.4, -0.2) is 42.3 Å². The SMILES string of the molecule is CN(C)c1cccc2c(S(=O)(=O)NCCNCNc3ccccc3Br)cccc12. The lowest BCUT2D eigenvalue weighted by Gasteiger charge is -2.17. The Bertz CT molecular complexity index is 1090. The average Bonchev–Trinajstić information content (AvgIpc) is 2.70. The summed E-state index contributed by atoms with van der Waals surface area (Å²) in [5.74, 6) is 0. The monoisotopic (exact) mass is 476 g/mol. The van der Waals surface area contributed by atoms with Gasteiger partial charge in [0.2, 0.25) is 10.0 Å². The number of fused-ring (bicyclic) bond motifs is 1. The number of nitrogens with zero attached hydrogens (tertiary/aromatic N) is 1. The van der Waals surface area contributed by atoms with Crippen LogP contribution in [0.1, 0.15) is 0 Å². The Morgan fingerprint density at radius 1 is 0.897 bits per heavy atom. The number of para-hydroxylation sites is 1. The summed E-state index contributed by atoms with van der Waals surface area (Å²) in [4.78, 5) is 2.28. The van der Waals surface area contributed by atoms with E-state index in [0.29, 0.717) is 24.7 Å². The molecule has 0 aliphatic heterocycles. The predicted octanol–water partition coefficient (Wildman–Crippen LogP) is 3.61. The Morgan fingerprint density at radius 2 is 1.62 bits per heavy atom. The van der Waals surface area contributed by atoms with Crippen molar-refractivity contribution in [1.29, 1.82) is 0 Å². The quantitative estimate of drug-likeness (QED) is 0.325. The summed E-state index contributed by atoms with van der Waals surface area (Å²) in [5, 5.41) is 8.05. The molecule has 154 valence electrons. The number of halogens is 1. The molecular formula is C21H25BrN4O2S. The number of rotatable bonds is 9. The molecule has 0 fully saturated rings. The molecule has 6 nitrogen and oxygen atoms in total. The van der Waals surface area contributed by atoms with Crippen molar-refractivity contribution < 1.29 is 8.42 Å². The van der Waals surface area contributed by atoms with Crippen LogP contribution < -0.4 is 20.3 Å². The van der Waals surface area contributed by atoms with Gasteiger partial charge in [-0.05, 0) is 40.2 Å². The fourth-order valence-electron chi connectivity index (χ4n) is 3.09. The maximum atomic E-state index is 12.9. The molecule has 0 saturated heterocycles. The number of hydrogen-bond acceptors (Lipinski definition) is 5. The van der Waals surface area contributed by atoms with Crippen LogP contribution in [0.2, 0.25) is 0 Å². The van der Waals surface area contributed by atoms with Gasteiger partial charge >= 0.3 is 0 Å². The summed E-state index contributed by atoms with van der Waals surface area (Å²) in [5.41, 5.74) is 1.97. The standard InChI is InChI=1S/C21H25BrN4O2S/c1-26(2)20-11-5-8-17-16(20)7-6-12-21(17)29(27,28)25-14-13-23-15-24-19-10-4-3-9-18(19)22/h3-12,23-25H,13-15H2,1-2H3. The fraction of sp³-hybridized carbons (Fsp3) is 0.238. The van der Waals surface area contributed by atoms with Gasteiger partial charge in [0.1, 0.15) is 0 Å². The highest BCUT2D eigenvalue weighted by atomic mass is 79.9. The average molecular weight is 477 g/mol. The molecule has 0 aliphatic rings. The minimum Gasteiger partial charge on any atom is -0.377 e. The van der Waals surface area contributed by atoms with E-state index in [1.54, 1.807) is 12.1 Å². The lowest BCUT2D eigenvalue weighted by atomic mass is 10.1. The van der Waals surface area contributed by atoms with Gasteiger partial charge in [0, 0.05) is 53.8 Å². The van der Waals surface area contributed by atoms with Gasteiger partial charge < -0.3 is 10.2 Å². The van der Waals surface area contributed by atoms with Crippen LogP contribution in [0, 0.1) is 0 Å². The zero-order valence-corrected chi connectivity index (χ0v) is 18.8. The van der Waals surface area contributed by atoms with Crippen molar-refractivity contribution in [3.63, 3.8) is 0 Å². The van der Waals surface area contributed by atoms with Crippen molar-refractivity contribution in [2.75, 3.05) is 44.1 Å². The molecule has 0 unspecified atom stereocenters. The second-order valence-corrected chi connectivity index (χ2v) is 9.34. The third-order valence-electron chi connectivity index (χ3n) is 4.50. The Kier molecular flexibility index (Phi) is 7.13. The minimum absolute atomic E-state index is 0.295. The van der Waals surface area contributed by atoms with E-state index in [4.69, 9.17) is 0 Å². The van der Waals surface area contributed by atoms with Crippen LogP contribution in [0.25, 0.3) is 10.8 Å². The molecule has 0 radical (unpaired) electrons. The molecule has 0 aliphatic carbocycles. The van der Waals surface area contributed by atoms with Crippen LogP contribution in [0.5, 0.6) is 0 Å². The Labute approximate surface area is 180 Å². The second kappa shape index (κ2) is 9.58. The Morgan fingerprint density at radius 3 is 2.38 bits per heavy atom. The topological polar surface area (TPSA) is 73.5 Å². The minimum atomic E-state index is -3.61. The van der Waals surface area contributed by atoms with E-state index >= 15 is 0 Å². The molecule has 0 bridgehead atoms. The van der Waals surface area contributed by atoms with E-state index in [-0.39, 0.29) is 0 Å². The summed E-state index contributed by atoms with van der Waals surface area (Å²) >= 11 is 3.48. The first-order valence-corrected chi connectivity index (χ1v) is 11.6. The molecular weight excluding hydrogens is 452 g/mol. The molecule has 0 saturated carbocycles. The first kappa shape index (κ1) is 21.6. The third kappa shape index (κ3) is 5.27. The molecule has 8 heteroatoms. The molecule has 0 spiro atoms. The van der Waals surface area contributed by atoms with E-state index in [0.717, 1.165) is 26.6 Å². The van der Waals surface area contributed by atoms with Crippen molar-refractivity contribution in [2.45, 2.75) is 4.90 Å². The molecule has 0 heterocycles. The summed E-state index contributed by atoms with van der Waals surface area (Å²) in [6.45, 7) is 1.33. The van der Waals surface area contributed by atoms with Gasteiger partial charge in [-0.2, -0.15) is 0 Å². The van der Waals surface area contributed by atoms with Gasteiger partial charge in [-0.1, -0.05) is 36.4 Å². The van der Waals surface area contributed by atoms with Gasteiger partial charge in [0.25, 0.3) is 0 Å². The molecule has 3 aromatic rings. The van der Waals surface area contributed by atoms with Gasteiger partial charge in [-0.25, -0.2) is 13.1 Å². The molecule has 3 rings (SSSR count). The summed E-state index contributed by atoms with van der Waals surface area (Å²) in [6.07, 6.45) is 0. The number of hydrogen-bond donors (Lipinski definition) is 3. The number of sulfonamides is 1. The molecule has 0 atom stereocenters. The van der Waals surface area contributed by atoms with Crippen molar-refractivity contribution in [2.24, 2.45) is 0 Å². The first-order chi connectivity index (χ1) is 13.9. The molecule has 3 N–H and O–H groups in total. The highest BCUT2D eigenvalue weighted by molar-refractivity contribution is 9.10. The molecule has 0 amide bonds. The lowest BCUT2D eigenvalue weighted by Crippen LogP contribution is -2.34. The summed E-state index contributed by atoms with van der Waals surface area (Å²) < 4.78 is 29.4. The Hall–Kier alpha value is -2.13. The van der Waals surface area contributed by atoms with Crippen LogP contribution in [0.4, 0.5) is 11.4 Å².